The maximum Gasteiger partial charge on any atom is 0.240 e. The quantitative estimate of drug-likeness (QED) is 0.738. The van der Waals surface area contributed by atoms with Crippen molar-refractivity contribution in [2.24, 2.45) is 5.92 Å². The summed E-state index contributed by atoms with van der Waals surface area (Å²) in [5.74, 6) is -0.0447. The standard InChI is InChI=1S/C17H24N2O4S/c1-13(12-23-2)19-24(21,22)16-10-8-15(9-11-16)18-17(20)14-6-4-3-5-7-14/h3-4,8-11,13-14,19H,5-7,12H2,1-2H3,(H,18,20)/t13-,14-/m1/s1. The van der Waals surface area contributed by atoms with Crippen LogP contribution in [0, 0.1) is 5.92 Å². The second kappa shape index (κ2) is 8.41. The molecule has 7 heteroatoms. The van der Waals surface area contributed by atoms with E-state index in [0.29, 0.717) is 12.3 Å². The van der Waals surface area contributed by atoms with E-state index in [1.165, 1.54) is 19.2 Å². The molecule has 0 saturated carbocycles. The van der Waals surface area contributed by atoms with E-state index in [2.05, 4.69) is 16.1 Å². The predicted octanol–water partition coefficient (Wildman–Crippen LogP) is 2.29. The summed E-state index contributed by atoms with van der Waals surface area (Å²) in [5, 5.41) is 2.84. The molecule has 1 aliphatic rings. The highest BCUT2D eigenvalue weighted by molar-refractivity contribution is 7.89. The largest absolute Gasteiger partial charge is 0.383 e. The number of carbonyl (C=O) groups excluding carboxylic acids is 1. The first-order valence-electron chi connectivity index (χ1n) is 7.99. The predicted molar refractivity (Wildman–Crippen MR) is 93.2 cm³/mol. The van der Waals surface area contributed by atoms with Gasteiger partial charge in [0.15, 0.2) is 0 Å². The van der Waals surface area contributed by atoms with Crippen LogP contribution in [0.5, 0.6) is 0 Å². The van der Waals surface area contributed by atoms with Gasteiger partial charge in [-0.1, -0.05) is 12.2 Å². The van der Waals surface area contributed by atoms with Crippen molar-refractivity contribution >= 4 is 21.6 Å². The average molecular weight is 352 g/mol. The van der Waals surface area contributed by atoms with Gasteiger partial charge in [0.2, 0.25) is 15.9 Å². The average Bonchev–Trinajstić information content (AvgIpc) is 2.56. The summed E-state index contributed by atoms with van der Waals surface area (Å²) in [6, 6.07) is 5.85. The smallest absolute Gasteiger partial charge is 0.240 e. The number of ether oxygens (including phenoxy) is 1. The molecular formula is C17H24N2O4S. The molecule has 0 spiro atoms. The van der Waals surface area contributed by atoms with Gasteiger partial charge in [-0.3, -0.25) is 4.79 Å². The fourth-order valence-electron chi connectivity index (χ4n) is 2.61. The minimum atomic E-state index is -3.60. The van der Waals surface area contributed by atoms with E-state index >= 15 is 0 Å². The highest BCUT2D eigenvalue weighted by Gasteiger charge is 2.20. The van der Waals surface area contributed by atoms with Crippen molar-refractivity contribution in [1.82, 2.24) is 4.72 Å². The van der Waals surface area contributed by atoms with Crippen LogP contribution in [0.2, 0.25) is 0 Å². The number of allylic oxidation sites excluding steroid dienone is 2. The van der Waals surface area contributed by atoms with E-state index in [4.69, 9.17) is 4.74 Å². The van der Waals surface area contributed by atoms with Crippen LogP contribution >= 0.6 is 0 Å². The van der Waals surface area contributed by atoms with E-state index in [1.807, 2.05) is 6.08 Å². The molecule has 1 amide bonds. The van der Waals surface area contributed by atoms with E-state index in [9.17, 15) is 13.2 Å². The van der Waals surface area contributed by atoms with Gasteiger partial charge in [0, 0.05) is 24.8 Å². The molecule has 1 aromatic rings. The molecule has 0 fully saturated rings. The van der Waals surface area contributed by atoms with Gasteiger partial charge in [0.05, 0.1) is 11.5 Å². The summed E-state index contributed by atoms with van der Waals surface area (Å²) in [4.78, 5) is 12.3. The Morgan fingerprint density at radius 1 is 1.29 bits per heavy atom. The van der Waals surface area contributed by atoms with Gasteiger partial charge < -0.3 is 10.1 Å². The van der Waals surface area contributed by atoms with E-state index < -0.39 is 10.0 Å². The first kappa shape index (κ1) is 18.6. The Bertz CT molecular complexity index is 683. The normalized spacial score (nSPS) is 19.0. The summed E-state index contributed by atoms with van der Waals surface area (Å²) >= 11 is 0. The summed E-state index contributed by atoms with van der Waals surface area (Å²) in [5.41, 5.74) is 0.596. The van der Waals surface area contributed by atoms with Crippen LogP contribution in [0.4, 0.5) is 5.69 Å². The van der Waals surface area contributed by atoms with E-state index in [-0.39, 0.29) is 22.8 Å². The Balaban J connectivity index is 1.99. The first-order chi connectivity index (χ1) is 11.4. The molecule has 0 heterocycles. The molecule has 2 atom stereocenters. The lowest BCUT2D eigenvalue weighted by molar-refractivity contribution is -0.120. The lowest BCUT2D eigenvalue weighted by atomic mass is 9.93. The molecule has 0 bridgehead atoms. The molecule has 0 aromatic heterocycles. The molecular weight excluding hydrogens is 328 g/mol. The molecule has 0 aliphatic heterocycles. The number of amides is 1. The zero-order valence-corrected chi connectivity index (χ0v) is 14.8. The number of rotatable bonds is 7. The number of carbonyl (C=O) groups is 1. The molecule has 1 aromatic carbocycles. The van der Waals surface area contributed by atoms with Gasteiger partial charge in [-0.2, -0.15) is 0 Å². The first-order valence-corrected chi connectivity index (χ1v) is 9.48. The summed E-state index contributed by atoms with van der Waals surface area (Å²) in [7, 11) is -2.08. The Morgan fingerprint density at radius 2 is 2.00 bits per heavy atom. The highest BCUT2D eigenvalue weighted by Crippen LogP contribution is 2.21. The lowest BCUT2D eigenvalue weighted by Crippen LogP contribution is -2.35. The number of sulfonamides is 1. The van der Waals surface area contributed by atoms with Crippen molar-refractivity contribution in [2.45, 2.75) is 37.1 Å². The van der Waals surface area contributed by atoms with Gasteiger partial charge >= 0.3 is 0 Å². The van der Waals surface area contributed by atoms with Gasteiger partial charge in [0.1, 0.15) is 0 Å². The summed E-state index contributed by atoms with van der Waals surface area (Å²) in [6.45, 7) is 2.03. The van der Waals surface area contributed by atoms with Crippen LogP contribution in [0.25, 0.3) is 0 Å². The minimum Gasteiger partial charge on any atom is -0.383 e. The minimum absolute atomic E-state index is 0.0185. The van der Waals surface area contributed by atoms with Crippen LogP contribution in [-0.4, -0.2) is 34.1 Å². The fourth-order valence-corrected chi connectivity index (χ4v) is 3.84. The van der Waals surface area contributed by atoms with Crippen molar-refractivity contribution in [3.63, 3.8) is 0 Å². The summed E-state index contributed by atoms with van der Waals surface area (Å²) in [6.07, 6.45) is 6.62. The number of anilines is 1. The molecule has 0 unspecified atom stereocenters. The van der Waals surface area contributed by atoms with Gasteiger partial charge in [0.25, 0.3) is 0 Å². The maximum absolute atomic E-state index is 12.2. The van der Waals surface area contributed by atoms with Gasteiger partial charge in [-0.25, -0.2) is 13.1 Å². The Kier molecular flexibility index (Phi) is 6.53. The monoisotopic (exact) mass is 352 g/mol. The van der Waals surface area contributed by atoms with Crippen molar-refractivity contribution in [2.75, 3.05) is 19.0 Å². The number of methoxy groups -OCH3 is 1. The van der Waals surface area contributed by atoms with E-state index in [1.54, 1.807) is 19.1 Å². The van der Waals surface area contributed by atoms with Crippen LogP contribution in [0.3, 0.4) is 0 Å². The molecule has 6 nitrogen and oxygen atoms in total. The molecule has 0 saturated heterocycles. The topological polar surface area (TPSA) is 84.5 Å². The van der Waals surface area contributed by atoms with Crippen LogP contribution in [0.15, 0.2) is 41.3 Å². The number of hydrogen-bond acceptors (Lipinski definition) is 4. The molecule has 24 heavy (non-hydrogen) atoms. The number of nitrogens with one attached hydrogen (secondary N) is 2. The van der Waals surface area contributed by atoms with Crippen molar-refractivity contribution in [3.05, 3.63) is 36.4 Å². The molecule has 132 valence electrons. The Hall–Kier alpha value is -1.70. The fraction of sp³-hybridized carbons (Fsp3) is 0.471. The zero-order valence-electron chi connectivity index (χ0n) is 14.0. The Labute approximate surface area is 143 Å². The van der Waals surface area contributed by atoms with Crippen LogP contribution in [-0.2, 0) is 19.6 Å². The van der Waals surface area contributed by atoms with Crippen LogP contribution < -0.4 is 10.0 Å². The highest BCUT2D eigenvalue weighted by atomic mass is 32.2. The maximum atomic E-state index is 12.2. The lowest BCUT2D eigenvalue weighted by Gasteiger charge is -2.17. The second-order valence-corrected chi connectivity index (χ2v) is 7.69. The number of hydrogen-bond donors (Lipinski definition) is 2. The van der Waals surface area contributed by atoms with Crippen molar-refractivity contribution < 1.29 is 17.9 Å². The third kappa shape index (κ3) is 5.15. The molecule has 2 rings (SSSR count). The van der Waals surface area contributed by atoms with E-state index in [0.717, 1.165) is 19.3 Å². The molecule has 0 radical (unpaired) electrons. The van der Waals surface area contributed by atoms with Crippen LogP contribution in [0.1, 0.15) is 26.2 Å². The van der Waals surface area contributed by atoms with Gasteiger partial charge in [-0.15, -0.1) is 0 Å². The third-order valence-electron chi connectivity index (χ3n) is 3.85. The van der Waals surface area contributed by atoms with Crippen molar-refractivity contribution in [3.8, 4) is 0 Å². The second-order valence-electron chi connectivity index (χ2n) is 5.97. The summed E-state index contributed by atoms with van der Waals surface area (Å²) < 4.78 is 31.9. The Morgan fingerprint density at radius 3 is 2.58 bits per heavy atom. The zero-order chi connectivity index (χ0) is 17.6. The molecule has 2 N–H and O–H groups in total. The van der Waals surface area contributed by atoms with Crippen molar-refractivity contribution in [1.29, 1.82) is 0 Å². The SMILES string of the molecule is COC[C@@H](C)NS(=O)(=O)c1ccc(NC(=O)[C@@H]2CC=CCC2)cc1. The third-order valence-corrected chi connectivity index (χ3v) is 5.45. The molecule has 1 aliphatic carbocycles. The number of benzene rings is 1. The van der Waals surface area contributed by atoms with Gasteiger partial charge in [-0.05, 0) is 50.5 Å².